The number of unbranched alkanes of at least 4 members (excludes halogenated alkanes) is 10. The third kappa shape index (κ3) is 27.3. The van der Waals surface area contributed by atoms with Gasteiger partial charge in [0.05, 0.1) is 46.2 Å². The number of ether oxygens (including phenoxy) is 5. The van der Waals surface area contributed by atoms with E-state index in [9.17, 15) is 4.79 Å². The molecule has 0 aliphatic heterocycles. The summed E-state index contributed by atoms with van der Waals surface area (Å²) in [6, 6.07) is 0. The third-order valence-corrected chi connectivity index (χ3v) is 5.19. The summed E-state index contributed by atoms with van der Waals surface area (Å²) in [6.45, 7) is 9.74. The van der Waals surface area contributed by atoms with Crippen LogP contribution >= 0.6 is 0 Å². The van der Waals surface area contributed by atoms with Crippen molar-refractivity contribution in [2.24, 2.45) is 0 Å². The molecule has 0 unspecified atom stereocenters. The minimum atomic E-state index is -0.136. The second-order valence-corrected chi connectivity index (χ2v) is 8.31. The van der Waals surface area contributed by atoms with Crippen LogP contribution in [0.3, 0.4) is 0 Å². The maximum absolute atomic E-state index is 11.4. The first-order valence-electron chi connectivity index (χ1n) is 13.3. The van der Waals surface area contributed by atoms with E-state index in [0.29, 0.717) is 65.7 Å². The Morgan fingerprint density at radius 1 is 0.438 bits per heavy atom. The summed E-state index contributed by atoms with van der Waals surface area (Å²) in [7, 11) is 0. The summed E-state index contributed by atoms with van der Waals surface area (Å²) in [4.78, 5) is 11.4. The van der Waals surface area contributed by atoms with Crippen LogP contribution in [-0.2, 0) is 28.5 Å². The fourth-order valence-corrected chi connectivity index (χ4v) is 3.17. The lowest BCUT2D eigenvalue weighted by Crippen LogP contribution is -2.12. The molecule has 0 saturated carbocycles. The average Bonchev–Trinajstić information content (AvgIpc) is 2.79. The molecule has 6 nitrogen and oxygen atoms in total. The molecule has 0 atom stereocenters. The van der Waals surface area contributed by atoms with Gasteiger partial charge in [-0.1, -0.05) is 78.1 Å². The molecule has 0 rings (SSSR count). The first kappa shape index (κ1) is 31.3. The molecule has 0 aliphatic rings. The molecule has 32 heavy (non-hydrogen) atoms. The molecular weight excluding hydrogens is 408 g/mol. The van der Waals surface area contributed by atoms with Gasteiger partial charge in [-0.15, -0.1) is 0 Å². The van der Waals surface area contributed by atoms with Crippen molar-refractivity contribution in [3.63, 3.8) is 0 Å². The van der Waals surface area contributed by atoms with Gasteiger partial charge in [-0.25, -0.2) is 0 Å². The molecule has 0 N–H and O–H groups in total. The highest BCUT2D eigenvalue weighted by atomic mass is 16.6. The van der Waals surface area contributed by atoms with Crippen molar-refractivity contribution in [1.29, 1.82) is 0 Å². The van der Waals surface area contributed by atoms with Gasteiger partial charge >= 0.3 is 5.97 Å². The van der Waals surface area contributed by atoms with Crippen molar-refractivity contribution in [2.45, 2.75) is 104 Å². The summed E-state index contributed by atoms with van der Waals surface area (Å²) in [6.07, 6.45) is 16.5. The molecule has 0 saturated heterocycles. The first-order chi connectivity index (χ1) is 15.8. The van der Waals surface area contributed by atoms with Crippen LogP contribution in [0.2, 0.25) is 0 Å². The maximum Gasteiger partial charge on any atom is 0.305 e. The van der Waals surface area contributed by atoms with E-state index in [1.807, 2.05) is 0 Å². The molecule has 0 spiro atoms. The topological polar surface area (TPSA) is 63.2 Å². The Labute approximate surface area is 198 Å². The van der Waals surface area contributed by atoms with Crippen molar-refractivity contribution in [3.05, 3.63) is 0 Å². The maximum atomic E-state index is 11.4. The Balaban J connectivity index is 3.06. The summed E-state index contributed by atoms with van der Waals surface area (Å²) < 4.78 is 27.1. The van der Waals surface area contributed by atoms with Crippen LogP contribution in [0, 0.1) is 0 Å². The summed E-state index contributed by atoms with van der Waals surface area (Å²) in [5, 5.41) is 0. The molecule has 0 aromatic rings. The number of rotatable bonds is 27. The van der Waals surface area contributed by atoms with Gasteiger partial charge in [-0.3, -0.25) is 4.79 Å². The Bertz CT molecular complexity index is 364. The van der Waals surface area contributed by atoms with Crippen molar-refractivity contribution < 1.29 is 28.5 Å². The van der Waals surface area contributed by atoms with Gasteiger partial charge in [-0.2, -0.15) is 0 Å². The van der Waals surface area contributed by atoms with Crippen LogP contribution in [0.25, 0.3) is 0 Å². The monoisotopic (exact) mass is 460 g/mol. The quantitative estimate of drug-likeness (QED) is 0.109. The lowest BCUT2D eigenvalue weighted by molar-refractivity contribution is -0.144. The predicted molar refractivity (Wildman–Crippen MR) is 130 cm³/mol. The highest BCUT2D eigenvalue weighted by Gasteiger charge is 2.02. The fraction of sp³-hybridized carbons (Fsp3) is 0.962. The second-order valence-electron chi connectivity index (χ2n) is 8.31. The number of carbonyl (C=O) groups is 1. The van der Waals surface area contributed by atoms with Gasteiger partial charge < -0.3 is 23.7 Å². The van der Waals surface area contributed by atoms with Crippen LogP contribution in [0.1, 0.15) is 104 Å². The SMILES string of the molecule is CCCCCCCCCCCCOCCOCCOCCOCCCC(=O)OCCCC. The highest BCUT2D eigenvalue weighted by Crippen LogP contribution is 2.10. The Morgan fingerprint density at radius 3 is 1.34 bits per heavy atom. The predicted octanol–water partition coefficient (Wildman–Crippen LogP) is 6.10. The largest absolute Gasteiger partial charge is 0.466 e. The number of esters is 1. The van der Waals surface area contributed by atoms with E-state index >= 15 is 0 Å². The van der Waals surface area contributed by atoms with Crippen molar-refractivity contribution in [2.75, 3.05) is 59.5 Å². The lowest BCUT2D eigenvalue weighted by atomic mass is 10.1. The average molecular weight is 461 g/mol. The Morgan fingerprint density at radius 2 is 0.844 bits per heavy atom. The molecule has 0 aromatic carbocycles. The standard InChI is InChI=1S/C26H52O6/c1-3-5-7-8-9-10-11-12-13-14-17-28-20-22-30-24-25-31-23-21-29-18-15-16-26(27)32-19-6-4-2/h3-25H2,1-2H3. The zero-order chi connectivity index (χ0) is 23.4. The molecular formula is C26H52O6. The summed E-state index contributed by atoms with van der Waals surface area (Å²) >= 11 is 0. The van der Waals surface area contributed by atoms with Crippen molar-refractivity contribution in [1.82, 2.24) is 0 Å². The second kappa shape index (κ2) is 28.3. The molecule has 0 fully saturated rings. The van der Waals surface area contributed by atoms with E-state index in [1.165, 1.54) is 57.8 Å². The van der Waals surface area contributed by atoms with Crippen molar-refractivity contribution in [3.8, 4) is 0 Å². The molecule has 6 heteroatoms. The molecule has 0 bridgehead atoms. The Kier molecular flexibility index (Phi) is 27.7. The lowest BCUT2D eigenvalue weighted by Gasteiger charge is -2.08. The van der Waals surface area contributed by atoms with Gasteiger partial charge in [-0.05, 0) is 19.3 Å². The summed E-state index contributed by atoms with van der Waals surface area (Å²) in [5.41, 5.74) is 0. The van der Waals surface area contributed by atoms with Gasteiger partial charge in [0.1, 0.15) is 0 Å². The van der Waals surface area contributed by atoms with E-state index in [4.69, 9.17) is 23.7 Å². The molecule has 192 valence electrons. The normalized spacial score (nSPS) is 11.2. The van der Waals surface area contributed by atoms with E-state index < -0.39 is 0 Å². The highest BCUT2D eigenvalue weighted by molar-refractivity contribution is 5.69. The molecule has 0 radical (unpaired) electrons. The van der Waals surface area contributed by atoms with Gasteiger partial charge in [0.15, 0.2) is 0 Å². The van der Waals surface area contributed by atoms with E-state index in [1.54, 1.807) is 0 Å². The van der Waals surface area contributed by atoms with E-state index in [2.05, 4.69) is 13.8 Å². The summed E-state index contributed by atoms with van der Waals surface area (Å²) in [5.74, 6) is -0.136. The van der Waals surface area contributed by atoms with Gasteiger partial charge in [0.25, 0.3) is 0 Å². The number of carbonyl (C=O) groups excluding carboxylic acids is 1. The van der Waals surface area contributed by atoms with Crippen LogP contribution < -0.4 is 0 Å². The number of hydrogen-bond donors (Lipinski definition) is 0. The number of hydrogen-bond acceptors (Lipinski definition) is 6. The van der Waals surface area contributed by atoms with Crippen LogP contribution in [0.5, 0.6) is 0 Å². The fourth-order valence-electron chi connectivity index (χ4n) is 3.17. The zero-order valence-electron chi connectivity index (χ0n) is 21.2. The molecule has 0 aliphatic carbocycles. The van der Waals surface area contributed by atoms with E-state index in [0.717, 1.165) is 25.9 Å². The third-order valence-electron chi connectivity index (χ3n) is 5.19. The van der Waals surface area contributed by atoms with Crippen LogP contribution in [-0.4, -0.2) is 65.4 Å². The Hall–Kier alpha value is -0.690. The first-order valence-corrected chi connectivity index (χ1v) is 13.3. The van der Waals surface area contributed by atoms with Crippen LogP contribution in [0.4, 0.5) is 0 Å². The van der Waals surface area contributed by atoms with E-state index in [-0.39, 0.29) is 5.97 Å². The minimum absolute atomic E-state index is 0.136. The minimum Gasteiger partial charge on any atom is -0.466 e. The van der Waals surface area contributed by atoms with Crippen molar-refractivity contribution >= 4 is 5.97 Å². The van der Waals surface area contributed by atoms with Crippen LogP contribution in [0.15, 0.2) is 0 Å². The van der Waals surface area contributed by atoms with Gasteiger partial charge in [0, 0.05) is 19.6 Å². The zero-order valence-corrected chi connectivity index (χ0v) is 21.2. The molecule has 0 amide bonds. The molecule has 0 heterocycles. The molecule has 0 aromatic heterocycles. The van der Waals surface area contributed by atoms with Gasteiger partial charge in [0.2, 0.25) is 0 Å². The smallest absolute Gasteiger partial charge is 0.305 e.